The molecule has 6 nitrogen and oxygen atoms in total. The molecule has 2 atom stereocenters. The van der Waals surface area contributed by atoms with Crippen LogP contribution in [0.2, 0.25) is 0 Å². The molecule has 0 aromatic carbocycles. The molecule has 4 bridgehead atoms. The first-order valence-electron chi connectivity index (χ1n) is 12.4. The van der Waals surface area contributed by atoms with E-state index >= 15 is 0 Å². The first-order chi connectivity index (χ1) is 14.4. The second-order valence-electron chi connectivity index (χ2n) is 11.2. The van der Waals surface area contributed by atoms with Crippen LogP contribution in [-0.2, 0) is 15.0 Å². The van der Waals surface area contributed by atoms with Crippen LogP contribution in [0.1, 0.15) is 77.6 Å². The van der Waals surface area contributed by atoms with Crippen LogP contribution in [0.4, 0.5) is 0 Å². The van der Waals surface area contributed by atoms with Crippen LogP contribution in [0.5, 0.6) is 0 Å². The molecule has 2 saturated heterocycles. The van der Waals surface area contributed by atoms with Crippen LogP contribution in [0, 0.1) is 29.1 Å². The Bertz CT molecular complexity index is 726. The quantitative estimate of drug-likeness (QED) is 0.718. The largest absolute Gasteiger partial charge is 0.353 e. The van der Waals surface area contributed by atoms with Gasteiger partial charge in [0.1, 0.15) is 0 Å². The number of hydrogen-bond donors (Lipinski definition) is 1. The van der Waals surface area contributed by atoms with Crippen molar-refractivity contribution < 1.29 is 13.2 Å². The summed E-state index contributed by atoms with van der Waals surface area (Å²) in [7, 11) is -3.43. The summed E-state index contributed by atoms with van der Waals surface area (Å²) in [4.78, 5) is 13.2. The van der Waals surface area contributed by atoms with E-state index in [0.717, 1.165) is 49.9 Å². The van der Waals surface area contributed by atoms with Gasteiger partial charge in [-0.1, -0.05) is 6.42 Å². The van der Waals surface area contributed by atoms with E-state index in [1.165, 1.54) is 38.5 Å². The lowest BCUT2D eigenvalue weighted by Crippen LogP contribution is -2.57. The number of carbonyl (C=O) groups excluding carboxylic acids is 1. The third-order valence-corrected chi connectivity index (χ3v) is 11.1. The normalized spacial score (nSPS) is 41.0. The molecule has 0 aromatic rings. The Morgan fingerprint density at radius 3 is 2.07 bits per heavy atom. The van der Waals surface area contributed by atoms with Gasteiger partial charge in [-0.15, -0.1) is 0 Å². The van der Waals surface area contributed by atoms with Crippen molar-refractivity contribution in [2.24, 2.45) is 29.1 Å². The predicted octanol–water partition coefficient (Wildman–Crippen LogP) is 3.15. The van der Waals surface area contributed by atoms with Crippen molar-refractivity contribution in [1.29, 1.82) is 0 Å². The Balaban J connectivity index is 1.22. The highest BCUT2D eigenvalue weighted by atomic mass is 32.2. The number of amides is 1. The van der Waals surface area contributed by atoms with Gasteiger partial charge in [0.25, 0.3) is 10.2 Å². The Kier molecular flexibility index (Phi) is 5.68. The lowest BCUT2D eigenvalue weighted by atomic mass is 9.48. The van der Waals surface area contributed by atoms with Crippen molar-refractivity contribution in [3.8, 4) is 0 Å². The summed E-state index contributed by atoms with van der Waals surface area (Å²) in [5, 5.41) is 3.38. The number of rotatable bonds is 5. The molecule has 1 amide bonds. The second-order valence-corrected chi connectivity index (χ2v) is 13.1. The van der Waals surface area contributed by atoms with Crippen LogP contribution in [0.25, 0.3) is 0 Å². The van der Waals surface area contributed by atoms with E-state index in [1.807, 2.05) is 0 Å². The van der Waals surface area contributed by atoms with Crippen LogP contribution in [-0.4, -0.2) is 55.2 Å². The molecular formula is C23H39N3O3S. The monoisotopic (exact) mass is 437 g/mol. The van der Waals surface area contributed by atoms with Gasteiger partial charge in [-0.05, 0) is 94.3 Å². The third-order valence-electron chi connectivity index (χ3n) is 9.09. The maximum Gasteiger partial charge on any atom is 0.281 e. The smallest absolute Gasteiger partial charge is 0.281 e. The molecule has 6 aliphatic rings. The summed E-state index contributed by atoms with van der Waals surface area (Å²) >= 11 is 0. The fourth-order valence-corrected chi connectivity index (χ4v) is 9.59. The summed E-state index contributed by atoms with van der Waals surface area (Å²) in [6, 6.07) is 0.201. The molecule has 6 rings (SSSR count). The molecule has 4 aliphatic carbocycles. The predicted molar refractivity (Wildman–Crippen MR) is 117 cm³/mol. The van der Waals surface area contributed by atoms with E-state index in [-0.39, 0.29) is 17.9 Å². The van der Waals surface area contributed by atoms with Crippen molar-refractivity contribution in [2.45, 2.75) is 83.6 Å². The Hall–Kier alpha value is -0.660. The second kappa shape index (κ2) is 8.04. The van der Waals surface area contributed by atoms with Gasteiger partial charge in [0.2, 0.25) is 5.91 Å². The lowest BCUT2D eigenvalue weighted by molar-refractivity contribution is -0.130. The lowest BCUT2D eigenvalue weighted by Gasteiger charge is -2.59. The van der Waals surface area contributed by atoms with Gasteiger partial charge in [0.05, 0.1) is 5.92 Å². The molecule has 2 aliphatic heterocycles. The molecule has 4 saturated carbocycles. The van der Waals surface area contributed by atoms with E-state index in [1.54, 1.807) is 8.61 Å². The highest BCUT2D eigenvalue weighted by molar-refractivity contribution is 7.86. The minimum Gasteiger partial charge on any atom is -0.353 e. The van der Waals surface area contributed by atoms with Gasteiger partial charge in [0.15, 0.2) is 0 Å². The van der Waals surface area contributed by atoms with Crippen molar-refractivity contribution >= 4 is 16.1 Å². The van der Waals surface area contributed by atoms with Gasteiger partial charge >= 0.3 is 0 Å². The maximum atomic E-state index is 13.2. The van der Waals surface area contributed by atoms with Gasteiger partial charge in [-0.3, -0.25) is 4.79 Å². The zero-order chi connectivity index (χ0) is 20.9. The summed E-state index contributed by atoms with van der Waals surface area (Å²) in [6.45, 7) is 4.36. The van der Waals surface area contributed by atoms with Crippen LogP contribution in [0.3, 0.4) is 0 Å². The minimum atomic E-state index is -3.43. The Labute approximate surface area is 182 Å². The van der Waals surface area contributed by atoms with E-state index < -0.39 is 10.2 Å². The number of nitrogens with zero attached hydrogens (tertiary/aromatic N) is 2. The zero-order valence-corrected chi connectivity index (χ0v) is 19.3. The highest BCUT2D eigenvalue weighted by Gasteiger charge is 2.53. The van der Waals surface area contributed by atoms with Crippen molar-refractivity contribution in [2.75, 3.05) is 26.2 Å². The van der Waals surface area contributed by atoms with Gasteiger partial charge in [-0.2, -0.15) is 17.0 Å². The first-order valence-corrected chi connectivity index (χ1v) is 13.8. The molecular weight excluding hydrogens is 398 g/mol. The number of hydrogen-bond acceptors (Lipinski definition) is 3. The Morgan fingerprint density at radius 2 is 1.47 bits per heavy atom. The van der Waals surface area contributed by atoms with Crippen molar-refractivity contribution in [1.82, 2.24) is 13.9 Å². The molecule has 6 fully saturated rings. The molecule has 170 valence electrons. The van der Waals surface area contributed by atoms with Gasteiger partial charge in [-0.25, -0.2) is 0 Å². The minimum absolute atomic E-state index is 0.0804. The number of carbonyl (C=O) groups is 1. The third kappa shape index (κ3) is 3.83. The highest BCUT2D eigenvalue weighted by Crippen LogP contribution is 2.61. The van der Waals surface area contributed by atoms with E-state index in [2.05, 4.69) is 12.2 Å². The molecule has 7 heteroatoms. The average Bonchev–Trinajstić information content (AvgIpc) is 2.73. The van der Waals surface area contributed by atoms with E-state index in [9.17, 15) is 13.2 Å². The summed E-state index contributed by atoms with van der Waals surface area (Å²) in [5.74, 6) is 2.48. The number of piperidine rings is 2. The maximum absolute atomic E-state index is 13.2. The van der Waals surface area contributed by atoms with E-state index in [4.69, 9.17) is 0 Å². The van der Waals surface area contributed by atoms with Crippen molar-refractivity contribution in [3.63, 3.8) is 0 Å². The standard InChI is InChI=1S/C23H39N3O3S/c1-17(23-13-18-10-19(14-23)12-20(11-18)15-23)24-22(27)21-6-5-9-26(16-21)30(28,29)25-7-3-2-4-8-25/h17-21H,2-16H2,1H3,(H,24,27)/t17-,18?,19?,20?,21+,23?/m1/s1. The molecule has 0 aromatic heterocycles. The first kappa shape index (κ1) is 21.2. The molecule has 0 radical (unpaired) electrons. The molecule has 30 heavy (non-hydrogen) atoms. The summed E-state index contributed by atoms with van der Waals surface area (Å²) in [5.41, 5.74) is 0.290. The Morgan fingerprint density at radius 1 is 0.900 bits per heavy atom. The fourth-order valence-electron chi connectivity index (χ4n) is 7.82. The van der Waals surface area contributed by atoms with Gasteiger partial charge in [0, 0.05) is 32.2 Å². The SMILES string of the molecule is C[C@@H](NC(=O)[C@H]1CCCN(S(=O)(=O)N2CCCCC2)C1)C12CC3CC(CC(C3)C1)C2. The molecule has 1 N–H and O–H groups in total. The van der Waals surface area contributed by atoms with Crippen LogP contribution >= 0.6 is 0 Å². The van der Waals surface area contributed by atoms with Crippen molar-refractivity contribution in [3.05, 3.63) is 0 Å². The molecule has 2 heterocycles. The summed E-state index contributed by atoms with van der Waals surface area (Å²) < 4.78 is 29.4. The molecule has 0 spiro atoms. The van der Waals surface area contributed by atoms with Gasteiger partial charge < -0.3 is 5.32 Å². The van der Waals surface area contributed by atoms with Crippen LogP contribution < -0.4 is 5.32 Å². The zero-order valence-electron chi connectivity index (χ0n) is 18.5. The fraction of sp³-hybridized carbons (Fsp3) is 0.957. The van der Waals surface area contributed by atoms with E-state index in [0.29, 0.717) is 31.6 Å². The topological polar surface area (TPSA) is 69.7 Å². The van der Waals surface area contributed by atoms with Crippen LogP contribution in [0.15, 0.2) is 0 Å². The number of nitrogens with one attached hydrogen (secondary N) is 1. The summed E-state index contributed by atoms with van der Waals surface area (Å²) in [6.07, 6.45) is 12.6. The average molecular weight is 438 g/mol. The molecule has 0 unspecified atom stereocenters.